The number of primary amides is 1. The van der Waals surface area contributed by atoms with E-state index in [1.807, 2.05) is 0 Å². The molecule has 0 aliphatic heterocycles. The van der Waals surface area contributed by atoms with Gasteiger partial charge in [0.2, 0.25) is 11.8 Å². The first-order chi connectivity index (χ1) is 8.54. The van der Waals surface area contributed by atoms with Gasteiger partial charge in [0.25, 0.3) is 0 Å². The van der Waals surface area contributed by atoms with Gasteiger partial charge in [-0.3, -0.25) is 9.59 Å². The van der Waals surface area contributed by atoms with Crippen LogP contribution in [0.25, 0.3) is 0 Å². The van der Waals surface area contributed by atoms with Crippen molar-refractivity contribution in [1.29, 1.82) is 0 Å². The number of nitrogens with two attached hydrogens (primary N) is 1. The van der Waals surface area contributed by atoms with Gasteiger partial charge < -0.3 is 11.1 Å². The van der Waals surface area contributed by atoms with Gasteiger partial charge in [0.15, 0.2) is 0 Å². The largest absolute Gasteiger partial charge is 0.368 e. The molecule has 0 saturated heterocycles. The highest BCUT2D eigenvalue weighted by molar-refractivity contribution is 5.92. The van der Waals surface area contributed by atoms with E-state index in [4.69, 9.17) is 5.73 Å². The molecule has 0 atom stereocenters. The number of rotatable bonds is 4. The predicted octanol–water partition coefficient (Wildman–Crippen LogP) is 0.849. The minimum absolute atomic E-state index is 0.165. The lowest BCUT2D eigenvalue weighted by Crippen LogP contribution is -2.50. The van der Waals surface area contributed by atoms with Gasteiger partial charge in [0, 0.05) is 0 Å². The normalized spacial score (nSPS) is 16.7. The molecule has 5 heteroatoms. The summed E-state index contributed by atoms with van der Waals surface area (Å²) in [4.78, 5) is 22.8. The third kappa shape index (κ3) is 2.20. The van der Waals surface area contributed by atoms with E-state index in [1.54, 1.807) is 12.1 Å². The van der Waals surface area contributed by atoms with Gasteiger partial charge in [-0.2, -0.15) is 0 Å². The second kappa shape index (κ2) is 4.76. The van der Waals surface area contributed by atoms with Gasteiger partial charge in [-0.1, -0.05) is 18.6 Å². The summed E-state index contributed by atoms with van der Waals surface area (Å²) < 4.78 is 12.9. The minimum Gasteiger partial charge on any atom is -0.368 e. The van der Waals surface area contributed by atoms with Gasteiger partial charge in [-0.05, 0) is 30.5 Å². The zero-order valence-corrected chi connectivity index (χ0v) is 9.91. The van der Waals surface area contributed by atoms with Gasteiger partial charge >= 0.3 is 0 Å². The van der Waals surface area contributed by atoms with Gasteiger partial charge in [-0.25, -0.2) is 4.39 Å². The van der Waals surface area contributed by atoms with Crippen molar-refractivity contribution in [1.82, 2.24) is 5.32 Å². The maximum atomic E-state index is 12.9. The highest BCUT2D eigenvalue weighted by Crippen LogP contribution is 2.43. The fourth-order valence-corrected chi connectivity index (χ4v) is 2.28. The van der Waals surface area contributed by atoms with Crippen molar-refractivity contribution in [2.45, 2.75) is 24.7 Å². The number of amides is 2. The Morgan fingerprint density at radius 2 is 1.89 bits per heavy atom. The van der Waals surface area contributed by atoms with Gasteiger partial charge in [-0.15, -0.1) is 0 Å². The summed E-state index contributed by atoms with van der Waals surface area (Å²) in [7, 11) is 0. The highest BCUT2D eigenvalue weighted by atomic mass is 19.1. The molecule has 0 unspecified atom stereocenters. The van der Waals surface area contributed by atoms with E-state index in [0.29, 0.717) is 12.8 Å². The molecule has 4 nitrogen and oxygen atoms in total. The SMILES string of the molecule is NC(=O)CNC(=O)C1(c2ccc(F)cc2)CCC1. The molecule has 0 radical (unpaired) electrons. The fourth-order valence-electron chi connectivity index (χ4n) is 2.28. The van der Waals surface area contributed by atoms with E-state index in [1.165, 1.54) is 12.1 Å². The Bertz CT molecular complexity index is 466. The van der Waals surface area contributed by atoms with E-state index in [0.717, 1.165) is 12.0 Å². The lowest BCUT2D eigenvalue weighted by atomic mass is 9.64. The van der Waals surface area contributed by atoms with Crippen molar-refractivity contribution < 1.29 is 14.0 Å². The van der Waals surface area contributed by atoms with Crippen LogP contribution in [-0.2, 0) is 15.0 Å². The Labute approximate surface area is 104 Å². The summed E-state index contributed by atoms with van der Waals surface area (Å²) in [5, 5.41) is 2.53. The van der Waals surface area contributed by atoms with Crippen LogP contribution in [-0.4, -0.2) is 18.4 Å². The summed E-state index contributed by atoms with van der Waals surface area (Å²) in [6.07, 6.45) is 2.37. The summed E-state index contributed by atoms with van der Waals surface area (Å²) in [5.74, 6) is -1.11. The van der Waals surface area contributed by atoms with Crippen LogP contribution in [0.5, 0.6) is 0 Å². The van der Waals surface area contributed by atoms with E-state index in [2.05, 4.69) is 5.32 Å². The van der Waals surface area contributed by atoms with Crippen LogP contribution < -0.4 is 11.1 Å². The van der Waals surface area contributed by atoms with Gasteiger partial charge in [0.1, 0.15) is 5.82 Å². The average Bonchev–Trinajstić information content (AvgIpc) is 2.27. The maximum absolute atomic E-state index is 12.9. The number of carbonyl (C=O) groups excluding carboxylic acids is 2. The summed E-state index contributed by atoms with van der Waals surface area (Å²) in [6, 6.07) is 5.93. The standard InChI is InChI=1S/C13H15FN2O2/c14-10-4-2-9(3-5-10)13(6-1-7-13)12(18)16-8-11(15)17/h2-5H,1,6-8H2,(H2,15,17)(H,16,18). The molecule has 2 amide bonds. The Morgan fingerprint density at radius 1 is 1.28 bits per heavy atom. The van der Waals surface area contributed by atoms with Crippen LogP contribution in [0.15, 0.2) is 24.3 Å². The molecule has 1 aromatic carbocycles. The molecule has 0 bridgehead atoms. The fraction of sp³-hybridized carbons (Fsp3) is 0.385. The van der Waals surface area contributed by atoms with Crippen LogP contribution in [0.1, 0.15) is 24.8 Å². The third-order valence-corrected chi connectivity index (χ3v) is 3.46. The monoisotopic (exact) mass is 250 g/mol. The minimum atomic E-state index is -0.622. The molecule has 2 rings (SSSR count). The molecule has 18 heavy (non-hydrogen) atoms. The highest BCUT2D eigenvalue weighted by Gasteiger charge is 2.45. The molecule has 1 fully saturated rings. The first-order valence-electron chi connectivity index (χ1n) is 5.87. The first kappa shape index (κ1) is 12.5. The zero-order valence-electron chi connectivity index (χ0n) is 9.91. The van der Waals surface area contributed by atoms with Crippen LogP contribution in [0.3, 0.4) is 0 Å². The van der Waals surface area contributed by atoms with Crippen molar-refractivity contribution in [2.24, 2.45) is 5.73 Å². The Morgan fingerprint density at radius 3 is 2.33 bits per heavy atom. The first-order valence-corrected chi connectivity index (χ1v) is 5.87. The number of benzene rings is 1. The van der Waals surface area contributed by atoms with E-state index in [9.17, 15) is 14.0 Å². The molecule has 0 aromatic heterocycles. The molecule has 0 spiro atoms. The summed E-state index contributed by atoms with van der Waals surface area (Å²) in [5.41, 5.74) is 5.17. The molecular weight excluding hydrogens is 235 g/mol. The Hall–Kier alpha value is -1.91. The number of nitrogens with one attached hydrogen (secondary N) is 1. The molecule has 0 heterocycles. The van der Waals surface area contributed by atoms with Crippen molar-refractivity contribution in [3.8, 4) is 0 Å². The third-order valence-electron chi connectivity index (χ3n) is 3.46. The Kier molecular flexibility index (Phi) is 3.32. The molecule has 1 aromatic rings. The molecule has 1 aliphatic carbocycles. The molecule has 1 saturated carbocycles. The van der Waals surface area contributed by atoms with Crippen LogP contribution >= 0.6 is 0 Å². The molecule has 3 N–H and O–H groups in total. The van der Waals surface area contributed by atoms with E-state index >= 15 is 0 Å². The van der Waals surface area contributed by atoms with Crippen molar-refractivity contribution >= 4 is 11.8 Å². The van der Waals surface area contributed by atoms with Gasteiger partial charge in [0.05, 0.1) is 12.0 Å². The number of carbonyl (C=O) groups is 2. The van der Waals surface area contributed by atoms with Crippen molar-refractivity contribution in [2.75, 3.05) is 6.54 Å². The summed E-state index contributed by atoms with van der Waals surface area (Å²) >= 11 is 0. The lowest BCUT2D eigenvalue weighted by molar-refractivity contribution is -0.131. The molecular formula is C13H15FN2O2. The topological polar surface area (TPSA) is 72.2 Å². The van der Waals surface area contributed by atoms with E-state index in [-0.39, 0.29) is 18.3 Å². The second-order valence-corrected chi connectivity index (χ2v) is 4.59. The summed E-state index contributed by atoms with van der Waals surface area (Å²) in [6.45, 7) is -0.165. The zero-order chi connectivity index (χ0) is 13.2. The second-order valence-electron chi connectivity index (χ2n) is 4.59. The maximum Gasteiger partial charge on any atom is 0.236 e. The average molecular weight is 250 g/mol. The van der Waals surface area contributed by atoms with Crippen LogP contribution in [0, 0.1) is 5.82 Å². The van der Waals surface area contributed by atoms with Crippen molar-refractivity contribution in [3.05, 3.63) is 35.6 Å². The molecule has 1 aliphatic rings. The Balaban J connectivity index is 2.17. The number of hydrogen-bond donors (Lipinski definition) is 2. The quantitative estimate of drug-likeness (QED) is 0.831. The smallest absolute Gasteiger partial charge is 0.236 e. The number of halogens is 1. The number of hydrogen-bond acceptors (Lipinski definition) is 2. The van der Waals surface area contributed by atoms with Crippen molar-refractivity contribution in [3.63, 3.8) is 0 Å². The predicted molar refractivity (Wildman–Crippen MR) is 64.1 cm³/mol. The van der Waals surface area contributed by atoms with Crippen LogP contribution in [0.2, 0.25) is 0 Å². The lowest BCUT2D eigenvalue weighted by Gasteiger charge is -2.40. The van der Waals surface area contributed by atoms with Crippen LogP contribution in [0.4, 0.5) is 4.39 Å². The molecule has 96 valence electrons. The van der Waals surface area contributed by atoms with E-state index < -0.39 is 11.3 Å².